The normalized spacial score (nSPS) is 14.1. The van der Waals surface area contributed by atoms with Gasteiger partial charge >= 0.3 is 0 Å². The van der Waals surface area contributed by atoms with Crippen LogP contribution < -0.4 is 9.64 Å². The number of rotatable bonds is 5. The molecule has 0 aliphatic carbocycles. The number of fused-ring (bicyclic) bond motifs is 7. The summed E-state index contributed by atoms with van der Waals surface area (Å²) in [5, 5.41) is 9.45. The van der Waals surface area contributed by atoms with E-state index in [-0.39, 0.29) is 32.6 Å². The maximum Gasteiger partial charge on any atom is 0.135 e. The third-order valence-electron chi connectivity index (χ3n) is 10.6. The first-order valence-corrected chi connectivity index (χ1v) is 18.4. The fraction of sp³-hybridized carbons (Fsp3) is 0.146. The molecule has 0 fully saturated rings. The van der Waals surface area contributed by atoms with E-state index in [1.807, 2.05) is 36.5 Å². The molecule has 6 nitrogen and oxygen atoms in total. The van der Waals surface area contributed by atoms with Gasteiger partial charge in [0, 0.05) is 55.3 Å². The summed E-state index contributed by atoms with van der Waals surface area (Å²) in [5.41, 5.74) is 10.9. The van der Waals surface area contributed by atoms with E-state index in [0.717, 1.165) is 66.6 Å². The van der Waals surface area contributed by atoms with Gasteiger partial charge in [-0.2, -0.15) is 17.7 Å². The molecule has 9 aromatic rings. The molecule has 3 aromatic heterocycles. The van der Waals surface area contributed by atoms with Crippen LogP contribution in [0.1, 0.15) is 49.2 Å². The Morgan fingerprint density at radius 3 is 2.31 bits per heavy atom. The fourth-order valence-corrected chi connectivity index (χ4v) is 7.99. The first-order chi connectivity index (χ1) is 26.2. The van der Waals surface area contributed by atoms with Crippen LogP contribution in [0.3, 0.4) is 0 Å². The Kier molecular flexibility index (Phi) is 8.36. The van der Waals surface area contributed by atoms with Crippen LogP contribution in [0.5, 0.6) is 11.5 Å². The van der Waals surface area contributed by atoms with Crippen molar-refractivity contribution in [2.75, 3.05) is 4.90 Å². The molecule has 10 rings (SSSR count). The summed E-state index contributed by atoms with van der Waals surface area (Å²) in [6.45, 7) is 11.0. The molecule has 0 bridgehead atoms. The maximum atomic E-state index is 6.86. The average molecular weight is 897 g/mol. The number of anilines is 2. The summed E-state index contributed by atoms with van der Waals surface area (Å²) in [5.74, 6) is 1.87. The van der Waals surface area contributed by atoms with E-state index >= 15 is 0 Å². The summed E-state index contributed by atoms with van der Waals surface area (Å²) in [4.78, 5) is 7.19. The SMILES string of the molecule is Cc1cccc(C)c1N1c2ccccc2[N-]C1c1[c-]c(Oc2[c-]c3c(cc2)c2ccccc2n3-c2cc(C(C)(C)C)ccn2)c2oc3ccccc3c2c1.[Pt]. The van der Waals surface area contributed by atoms with Gasteiger partial charge in [-0.3, -0.25) is 0 Å². The van der Waals surface area contributed by atoms with Crippen molar-refractivity contribution in [2.45, 2.75) is 46.2 Å². The van der Waals surface area contributed by atoms with Gasteiger partial charge in [0.1, 0.15) is 11.4 Å². The van der Waals surface area contributed by atoms with E-state index in [1.165, 1.54) is 16.7 Å². The molecule has 6 aromatic carbocycles. The minimum Gasteiger partial charge on any atom is -0.661 e. The van der Waals surface area contributed by atoms with Crippen LogP contribution in [0.25, 0.3) is 54.9 Å². The molecular weight excluding hydrogens is 860 g/mol. The van der Waals surface area contributed by atoms with Gasteiger partial charge in [-0.15, -0.1) is 29.3 Å². The number of ether oxygens (including phenoxy) is 1. The van der Waals surface area contributed by atoms with Crippen LogP contribution in [0.4, 0.5) is 17.1 Å². The maximum absolute atomic E-state index is 6.86. The van der Waals surface area contributed by atoms with Gasteiger partial charge in [-0.1, -0.05) is 104 Å². The summed E-state index contributed by atoms with van der Waals surface area (Å²) in [6.07, 6.45) is 1.52. The predicted octanol–water partition coefficient (Wildman–Crippen LogP) is 13.2. The van der Waals surface area contributed by atoms with Crippen molar-refractivity contribution in [2.24, 2.45) is 0 Å². The fourth-order valence-electron chi connectivity index (χ4n) is 7.99. The van der Waals surface area contributed by atoms with Crippen molar-refractivity contribution >= 4 is 60.8 Å². The first kappa shape index (κ1) is 34.9. The summed E-state index contributed by atoms with van der Waals surface area (Å²) in [6, 6.07) is 49.1. The van der Waals surface area contributed by atoms with Gasteiger partial charge in [-0.05, 0) is 77.8 Å². The molecule has 0 saturated carbocycles. The smallest absolute Gasteiger partial charge is 0.135 e. The molecule has 1 aliphatic heterocycles. The average Bonchev–Trinajstić information content (AvgIpc) is 3.84. The summed E-state index contributed by atoms with van der Waals surface area (Å²) >= 11 is 0. The number of furan rings is 1. The van der Waals surface area contributed by atoms with Gasteiger partial charge in [0.05, 0.1) is 11.3 Å². The van der Waals surface area contributed by atoms with Crippen molar-refractivity contribution in [3.05, 3.63) is 167 Å². The summed E-state index contributed by atoms with van der Waals surface area (Å²) < 4.78 is 15.6. The van der Waals surface area contributed by atoms with E-state index in [9.17, 15) is 0 Å². The third kappa shape index (κ3) is 5.70. The number of para-hydroxylation sites is 5. The Labute approximate surface area is 334 Å². The van der Waals surface area contributed by atoms with Crippen molar-refractivity contribution in [3.8, 4) is 17.3 Å². The molecule has 1 unspecified atom stereocenters. The van der Waals surface area contributed by atoms with Crippen LogP contribution in [0.15, 0.2) is 132 Å². The third-order valence-corrected chi connectivity index (χ3v) is 10.6. The Morgan fingerprint density at radius 2 is 1.49 bits per heavy atom. The largest absolute Gasteiger partial charge is 0.661 e. The van der Waals surface area contributed by atoms with Crippen LogP contribution in [-0.4, -0.2) is 9.55 Å². The van der Waals surface area contributed by atoms with Gasteiger partial charge in [0.25, 0.3) is 0 Å². The number of hydrogen-bond acceptors (Lipinski definition) is 4. The van der Waals surface area contributed by atoms with E-state index < -0.39 is 0 Å². The van der Waals surface area contributed by atoms with Crippen molar-refractivity contribution < 1.29 is 30.2 Å². The second-order valence-corrected chi connectivity index (χ2v) is 15.2. The zero-order valence-electron chi connectivity index (χ0n) is 31.1. The van der Waals surface area contributed by atoms with E-state index in [2.05, 4.69) is 147 Å². The van der Waals surface area contributed by atoms with E-state index in [0.29, 0.717) is 17.1 Å². The number of benzene rings is 6. The predicted molar refractivity (Wildman–Crippen MR) is 219 cm³/mol. The number of aromatic nitrogens is 2. The summed E-state index contributed by atoms with van der Waals surface area (Å²) in [7, 11) is 0. The first-order valence-electron chi connectivity index (χ1n) is 18.4. The van der Waals surface area contributed by atoms with Gasteiger partial charge in [0.2, 0.25) is 0 Å². The van der Waals surface area contributed by atoms with Crippen LogP contribution in [0.2, 0.25) is 0 Å². The molecule has 1 aliphatic rings. The quantitative estimate of drug-likeness (QED) is 0.162. The zero-order valence-corrected chi connectivity index (χ0v) is 33.4. The van der Waals surface area contributed by atoms with Crippen LogP contribution in [0, 0.1) is 26.0 Å². The molecule has 55 heavy (non-hydrogen) atoms. The Hall–Kier alpha value is -5.84. The number of hydrogen-bond donors (Lipinski definition) is 0. The molecule has 7 heteroatoms. The zero-order chi connectivity index (χ0) is 36.7. The number of pyridine rings is 1. The Bertz CT molecular complexity index is 2920. The molecule has 0 radical (unpaired) electrons. The Morgan fingerprint density at radius 1 is 0.745 bits per heavy atom. The molecule has 4 heterocycles. The number of aryl methyl sites for hydroxylation is 2. The second kappa shape index (κ2) is 13.2. The Balaban J connectivity index is 0.00000397. The minimum atomic E-state index is -0.377. The van der Waals surface area contributed by atoms with Crippen molar-refractivity contribution in [1.29, 1.82) is 0 Å². The standard InChI is InChI=1S/C48H37N4O2.Pt/c1-29-13-12-14-30(2)45(29)52-40-19-10-8-17-38(40)50-47(52)31-25-37-36-16-7-11-20-42(36)54-46(37)43(26-31)53-33-21-22-35-34-15-6-9-18-39(34)51(41(35)28-33)44-27-32(23-24-49-44)48(3,4)5;/h6-25,27,47H,1-5H3;/q-3;. The van der Waals surface area contributed by atoms with Gasteiger partial charge < -0.3 is 23.9 Å². The van der Waals surface area contributed by atoms with Crippen LogP contribution in [-0.2, 0) is 26.5 Å². The topological polar surface area (TPSA) is 57.5 Å². The van der Waals surface area contributed by atoms with E-state index in [4.69, 9.17) is 19.5 Å². The molecular formula is C48H37N4O2Pt-3. The van der Waals surface area contributed by atoms with E-state index in [1.54, 1.807) is 0 Å². The molecule has 1 atom stereocenters. The minimum absolute atomic E-state index is 0. The van der Waals surface area contributed by atoms with Gasteiger partial charge in [-0.25, -0.2) is 4.98 Å². The monoisotopic (exact) mass is 896 g/mol. The molecule has 0 N–H and O–H groups in total. The number of nitrogens with zero attached hydrogens (tertiary/aromatic N) is 4. The second-order valence-electron chi connectivity index (χ2n) is 15.2. The molecule has 274 valence electrons. The van der Waals surface area contributed by atoms with Crippen LogP contribution >= 0.6 is 0 Å². The molecule has 0 amide bonds. The molecule has 0 saturated heterocycles. The van der Waals surface area contributed by atoms with Gasteiger partial charge in [0.15, 0.2) is 0 Å². The van der Waals surface area contributed by atoms with Crippen molar-refractivity contribution in [3.63, 3.8) is 0 Å². The molecule has 0 spiro atoms. The van der Waals surface area contributed by atoms with Crippen molar-refractivity contribution in [1.82, 2.24) is 9.55 Å².